The summed E-state index contributed by atoms with van der Waals surface area (Å²) >= 11 is 0. The highest BCUT2D eigenvalue weighted by molar-refractivity contribution is 6.01. The molecule has 3 rings (SSSR count). The summed E-state index contributed by atoms with van der Waals surface area (Å²) in [6, 6.07) is 23.2. The summed E-state index contributed by atoms with van der Waals surface area (Å²) in [7, 11) is 0. The Labute approximate surface area is 141 Å². The van der Waals surface area contributed by atoms with E-state index in [2.05, 4.69) is 5.92 Å². The molecule has 24 heavy (non-hydrogen) atoms. The van der Waals surface area contributed by atoms with Crippen LogP contribution in [0.1, 0.15) is 5.56 Å². The maximum absolute atomic E-state index is 12.6. The van der Waals surface area contributed by atoms with Crippen molar-refractivity contribution in [2.45, 2.75) is 6.61 Å². The second kappa shape index (κ2) is 7.34. The summed E-state index contributed by atoms with van der Waals surface area (Å²) in [6.45, 7) is 0.368. The Bertz CT molecular complexity index is 876. The number of carbonyl (C=O) groups is 1. The Morgan fingerprint density at radius 1 is 0.958 bits per heavy atom. The quantitative estimate of drug-likeness (QED) is 0.658. The molecular formula is C21H17NO2. The summed E-state index contributed by atoms with van der Waals surface area (Å²) in [4.78, 5) is 14.1. The average Bonchev–Trinajstić information content (AvgIpc) is 2.65. The number of fused-ring (bicyclic) bond motifs is 1. The van der Waals surface area contributed by atoms with Crippen LogP contribution in [0.5, 0.6) is 0 Å². The van der Waals surface area contributed by atoms with Gasteiger partial charge in [0.25, 0.3) is 0 Å². The molecule has 3 nitrogen and oxygen atoms in total. The van der Waals surface area contributed by atoms with Crippen molar-refractivity contribution >= 4 is 22.6 Å². The Morgan fingerprint density at radius 2 is 1.67 bits per heavy atom. The van der Waals surface area contributed by atoms with Gasteiger partial charge in [-0.1, -0.05) is 72.7 Å². The lowest BCUT2D eigenvalue weighted by Crippen LogP contribution is -2.32. The van der Waals surface area contributed by atoms with Gasteiger partial charge in [0.15, 0.2) is 0 Å². The standard InChI is InChI=1S/C21H17NO2/c1-2-15-22(21(23)24-16-17-9-4-3-5-10-17)20-14-8-12-18-11-6-7-13-19(18)20/h1,3-14H,15-16H2. The van der Waals surface area contributed by atoms with Gasteiger partial charge >= 0.3 is 6.09 Å². The molecule has 118 valence electrons. The molecule has 0 saturated carbocycles. The molecule has 0 saturated heterocycles. The molecule has 3 aromatic rings. The molecule has 0 aromatic heterocycles. The van der Waals surface area contributed by atoms with Crippen molar-refractivity contribution in [1.82, 2.24) is 0 Å². The van der Waals surface area contributed by atoms with Crippen LogP contribution in [0.4, 0.5) is 10.5 Å². The smallest absolute Gasteiger partial charge is 0.415 e. The second-order valence-electron chi connectivity index (χ2n) is 5.33. The van der Waals surface area contributed by atoms with Gasteiger partial charge in [-0.15, -0.1) is 6.42 Å². The maximum atomic E-state index is 12.6. The van der Waals surface area contributed by atoms with E-state index in [4.69, 9.17) is 11.2 Å². The molecule has 0 unspecified atom stereocenters. The van der Waals surface area contributed by atoms with Crippen LogP contribution in [-0.2, 0) is 11.3 Å². The molecule has 0 radical (unpaired) electrons. The van der Waals surface area contributed by atoms with Crippen LogP contribution in [0.2, 0.25) is 0 Å². The van der Waals surface area contributed by atoms with Crippen LogP contribution < -0.4 is 4.90 Å². The molecule has 0 bridgehead atoms. The van der Waals surface area contributed by atoms with Crippen molar-refractivity contribution in [2.75, 3.05) is 11.4 Å². The summed E-state index contributed by atoms with van der Waals surface area (Å²) in [5.41, 5.74) is 1.69. The van der Waals surface area contributed by atoms with Crippen LogP contribution in [0.15, 0.2) is 72.8 Å². The number of benzene rings is 3. The highest BCUT2D eigenvalue weighted by Gasteiger charge is 2.18. The first-order valence-electron chi connectivity index (χ1n) is 7.69. The lowest BCUT2D eigenvalue weighted by molar-refractivity contribution is 0.148. The first-order valence-corrected chi connectivity index (χ1v) is 7.69. The van der Waals surface area contributed by atoms with Crippen molar-refractivity contribution in [1.29, 1.82) is 0 Å². The molecule has 0 aliphatic heterocycles. The van der Waals surface area contributed by atoms with Gasteiger partial charge in [0.1, 0.15) is 6.61 Å². The van der Waals surface area contributed by atoms with E-state index in [1.807, 2.05) is 72.8 Å². The van der Waals surface area contributed by atoms with E-state index in [1.165, 1.54) is 4.90 Å². The van der Waals surface area contributed by atoms with Crippen molar-refractivity contribution in [2.24, 2.45) is 0 Å². The van der Waals surface area contributed by atoms with Crippen LogP contribution >= 0.6 is 0 Å². The molecule has 1 amide bonds. The Hall–Kier alpha value is -3.25. The number of anilines is 1. The average molecular weight is 315 g/mol. The fraction of sp³-hybridized carbons (Fsp3) is 0.0952. The Kier molecular flexibility index (Phi) is 4.78. The van der Waals surface area contributed by atoms with Crippen LogP contribution in [-0.4, -0.2) is 12.6 Å². The summed E-state index contributed by atoms with van der Waals surface area (Å²) in [5.74, 6) is 2.54. The third-order valence-electron chi connectivity index (χ3n) is 3.73. The minimum Gasteiger partial charge on any atom is -0.444 e. The predicted octanol–water partition coefficient (Wildman–Crippen LogP) is 4.62. The second-order valence-corrected chi connectivity index (χ2v) is 5.33. The number of carbonyl (C=O) groups excluding carboxylic acids is 1. The third-order valence-corrected chi connectivity index (χ3v) is 3.73. The monoisotopic (exact) mass is 315 g/mol. The van der Waals surface area contributed by atoms with E-state index in [1.54, 1.807) is 0 Å². The van der Waals surface area contributed by atoms with Gasteiger partial charge in [0.2, 0.25) is 0 Å². The number of hydrogen-bond donors (Lipinski definition) is 0. The number of terminal acetylenes is 1. The number of hydrogen-bond acceptors (Lipinski definition) is 2. The Morgan fingerprint density at radius 3 is 2.46 bits per heavy atom. The molecule has 0 atom stereocenters. The van der Waals surface area contributed by atoms with Gasteiger partial charge in [-0.2, -0.15) is 0 Å². The van der Waals surface area contributed by atoms with Crippen LogP contribution in [0.25, 0.3) is 10.8 Å². The van der Waals surface area contributed by atoms with E-state index in [9.17, 15) is 4.79 Å². The maximum Gasteiger partial charge on any atom is 0.415 e. The van der Waals surface area contributed by atoms with E-state index < -0.39 is 6.09 Å². The van der Waals surface area contributed by atoms with Crippen molar-refractivity contribution in [3.63, 3.8) is 0 Å². The molecule has 0 fully saturated rings. The lowest BCUT2D eigenvalue weighted by Gasteiger charge is -2.21. The fourth-order valence-corrected chi connectivity index (χ4v) is 2.58. The normalized spacial score (nSPS) is 10.1. The third kappa shape index (κ3) is 3.39. The zero-order valence-electron chi connectivity index (χ0n) is 13.2. The number of rotatable bonds is 4. The minimum absolute atomic E-state index is 0.154. The van der Waals surface area contributed by atoms with Crippen molar-refractivity contribution in [3.8, 4) is 12.3 Å². The van der Waals surface area contributed by atoms with Gasteiger partial charge in [-0.25, -0.2) is 4.79 Å². The van der Waals surface area contributed by atoms with Gasteiger partial charge in [0.05, 0.1) is 12.2 Å². The SMILES string of the molecule is C#CCN(C(=O)OCc1ccccc1)c1cccc2ccccc12. The summed E-state index contributed by atoms with van der Waals surface area (Å²) in [6.07, 6.45) is 5.01. The first-order chi connectivity index (χ1) is 11.8. The van der Waals surface area contributed by atoms with E-state index in [0.29, 0.717) is 0 Å². The van der Waals surface area contributed by atoms with E-state index >= 15 is 0 Å². The van der Waals surface area contributed by atoms with Crippen LogP contribution in [0, 0.1) is 12.3 Å². The van der Waals surface area contributed by atoms with Crippen molar-refractivity contribution < 1.29 is 9.53 Å². The molecule has 0 spiro atoms. The molecule has 0 aliphatic carbocycles. The van der Waals surface area contributed by atoms with E-state index in [-0.39, 0.29) is 13.2 Å². The van der Waals surface area contributed by atoms with E-state index in [0.717, 1.165) is 22.0 Å². The van der Waals surface area contributed by atoms with Gasteiger partial charge in [0, 0.05) is 5.39 Å². The molecule has 3 aromatic carbocycles. The zero-order chi connectivity index (χ0) is 16.8. The summed E-state index contributed by atoms with van der Waals surface area (Å²) in [5, 5.41) is 2.01. The lowest BCUT2D eigenvalue weighted by atomic mass is 10.1. The Balaban J connectivity index is 1.86. The number of nitrogens with zero attached hydrogens (tertiary/aromatic N) is 1. The molecule has 0 heterocycles. The molecule has 0 aliphatic rings. The zero-order valence-corrected chi connectivity index (χ0v) is 13.2. The topological polar surface area (TPSA) is 29.5 Å². The summed E-state index contributed by atoms with van der Waals surface area (Å²) < 4.78 is 5.44. The molecule has 0 N–H and O–H groups in total. The van der Waals surface area contributed by atoms with Gasteiger partial charge in [-0.3, -0.25) is 4.90 Å². The van der Waals surface area contributed by atoms with Gasteiger partial charge in [-0.05, 0) is 17.0 Å². The number of amides is 1. The van der Waals surface area contributed by atoms with Crippen LogP contribution in [0.3, 0.4) is 0 Å². The first kappa shape index (κ1) is 15.6. The minimum atomic E-state index is -0.451. The largest absolute Gasteiger partial charge is 0.444 e. The molecular weight excluding hydrogens is 298 g/mol. The van der Waals surface area contributed by atoms with Crippen molar-refractivity contribution in [3.05, 3.63) is 78.4 Å². The predicted molar refractivity (Wildman–Crippen MR) is 96.8 cm³/mol. The van der Waals surface area contributed by atoms with Gasteiger partial charge < -0.3 is 4.74 Å². The molecule has 3 heteroatoms. The fourth-order valence-electron chi connectivity index (χ4n) is 2.58. The highest BCUT2D eigenvalue weighted by atomic mass is 16.6. The number of ether oxygens (including phenoxy) is 1. The highest BCUT2D eigenvalue weighted by Crippen LogP contribution is 2.27.